The second-order valence-electron chi connectivity index (χ2n) is 9.96. The van der Waals surface area contributed by atoms with Crippen molar-refractivity contribution in [1.29, 1.82) is 0 Å². The maximum Gasteiger partial charge on any atom is 0.219 e. The lowest BCUT2D eigenvalue weighted by molar-refractivity contribution is 0.468. The fourth-order valence-electron chi connectivity index (χ4n) is 5.82. The lowest BCUT2D eigenvalue weighted by Crippen LogP contribution is -1.96. The second kappa shape index (κ2) is 7.56. The van der Waals surface area contributed by atoms with Gasteiger partial charge in [-0.15, -0.1) is 0 Å². The van der Waals surface area contributed by atoms with Crippen LogP contribution in [0.5, 0.6) is 11.6 Å². The SMILES string of the molecule is Cc1cc(C)c2cc1-c1cccc(n1)Oc1cccc3c1[nH]c1c(cccc13)-c1cc-2c(C)cc1C. The van der Waals surface area contributed by atoms with E-state index in [0.717, 1.165) is 33.4 Å². The van der Waals surface area contributed by atoms with Crippen LogP contribution in [0.2, 0.25) is 0 Å². The first-order chi connectivity index (χ1) is 17.5. The van der Waals surface area contributed by atoms with E-state index in [2.05, 4.69) is 93.3 Å². The third-order valence-corrected chi connectivity index (χ3v) is 7.57. The summed E-state index contributed by atoms with van der Waals surface area (Å²) in [5, 5.41) is 2.34. The third kappa shape index (κ3) is 3.02. The lowest BCUT2D eigenvalue weighted by atomic mass is 9.87. The van der Waals surface area contributed by atoms with E-state index in [1.54, 1.807) is 0 Å². The van der Waals surface area contributed by atoms with Crippen LogP contribution >= 0.6 is 0 Å². The number of aryl methyl sites for hydroxylation is 4. The summed E-state index contributed by atoms with van der Waals surface area (Å²) in [5.74, 6) is 1.36. The topological polar surface area (TPSA) is 37.9 Å². The van der Waals surface area contributed by atoms with Gasteiger partial charge in [-0.05, 0) is 90.9 Å². The van der Waals surface area contributed by atoms with E-state index in [1.165, 1.54) is 49.9 Å². The average molecular weight is 467 g/mol. The minimum Gasteiger partial charge on any atom is -0.437 e. The summed E-state index contributed by atoms with van der Waals surface area (Å²) in [6.45, 7) is 8.77. The van der Waals surface area contributed by atoms with Crippen molar-refractivity contribution in [3.8, 4) is 45.1 Å². The van der Waals surface area contributed by atoms with E-state index in [1.807, 2.05) is 18.2 Å². The predicted molar refractivity (Wildman–Crippen MR) is 149 cm³/mol. The first-order valence-electron chi connectivity index (χ1n) is 12.4. The van der Waals surface area contributed by atoms with Gasteiger partial charge >= 0.3 is 0 Å². The van der Waals surface area contributed by atoms with Gasteiger partial charge in [0, 0.05) is 28.0 Å². The molecular formula is C33H26N2O. The molecule has 3 nitrogen and oxygen atoms in total. The molecule has 0 saturated carbocycles. The van der Waals surface area contributed by atoms with E-state index in [9.17, 15) is 0 Å². The van der Waals surface area contributed by atoms with E-state index < -0.39 is 0 Å². The number of benzene rings is 4. The van der Waals surface area contributed by atoms with E-state index >= 15 is 0 Å². The number of para-hydroxylation sites is 2. The molecule has 3 heterocycles. The molecule has 7 rings (SSSR count). The number of nitrogens with zero attached hydrogens (tertiary/aromatic N) is 1. The largest absolute Gasteiger partial charge is 0.437 e. The van der Waals surface area contributed by atoms with Crippen molar-refractivity contribution in [2.45, 2.75) is 27.7 Å². The smallest absolute Gasteiger partial charge is 0.219 e. The van der Waals surface area contributed by atoms with Gasteiger partial charge in [0.05, 0.1) is 16.7 Å². The molecular weight excluding hydrogens is 440 g/mol. The molecule has 0 atom stereocenters. The summed E-state index contributed by atoms with van der Waals surface area (Å²) < 4.78 is 6.41. The standard InChI is InChI=1S/C33H26N2O/c1-18-14-19(2)26-16-25(18)24-9-5-8-22-23-10-6-12-30(33(23)35-32(22)24)36-31-13-7-11-29(34-31)28-17-27(26)20(3)15-21(28)4/h5-17,35H,1-4H3. The Balaban J connectivity index is 1.66. The highest BCUT2D eigenvalue weighted by Crippen LogP contribution is 2.42. The third-order valence-electron chi connectivity index (χ3n) is 7.57. The number of hydrogen-bond acceptors (Lipinski definition) is 2. The Morgan fingerprint density at radius 3 is 1.89 bits per heavy atom. The Bertz CT molecular complexity index is 1860. The number of nitrogens with one attached hydrogen (secondary N) is 1. The number of hydrogen-bond donors (Lipinski definition) is 1. The van der Waals surface area contributed by atoms with Crippen LogP contribution in [0.3, 0.4) is 0 Å². The molecule has 0 fully saturated rings. The van der Waals surface area contributed by atoms with Crippen LogP contribution in [-0.2, 0) is 0 Å². The van der Waals surface area contributed by atoms with Gasteiger partial charge in [-0.25, -0.2) is 4.98 Å². The van der Waals surface area contributed by atoms with Gasteiger partial charge in [0.25, 0.3) is 0 Å². The maximum atomic E-state index is 6.41. The van der Waals surface area contributed by atoms with Crippen LogP contribution in [0, 0.1) is 27.7 Å². The Morgan fingerprint density at radius 1 is 0.556 bits per heavy atom. The van der Waals surface area contributed by atoms with Crippen molar-refractivity contribution in [1.82, 2.24) is 9.97 Å². The predicted octanol–water partition coefficient (Wildman–Crippen LogP) is 9.06. The van der Waals surface area contributed by atoms with E-state index in [0.29, 0.717) is 5.88 Å². The second-order valence-corrected chi connectivity index (χ2v) is 9.96. The molecule has 6 aromatic rings. The van der Waals surface area contributed by atoms with Crippen LogP contribution in [0.1, 0.15) is 22.3 Å². The minimum absolute atomic E-state index is 0.586. The number of ether oxygens (including phenoxy) is 1. The molecule has 4 aromatic carbocycles. The van der Waals surface area contributed by atoms with Crippen molar-refractivity contribution >= 4 is 21.8 Å². The summed E-state index contributed by atoms with van der Waals surface area (Å²) in [7, 11) is 0. The normalized spacial score (nSPS) is 12.1. The van der Waals surface area contributed by atoms with Crippen LogP contribution in [0.15, 0.2) is 78.9 Å². The number of rotatable bonds is 0. The van der Waals surface area contributed by atoms with Gasteiger partial charge in [-0.2, -0.15) is 0 Å². The van der Waals surface area contributed by atoms with Crippen molar-refractivity contribution in [2.75, 3.05) is 0 Å². The van der Waals surface area contributed by atoms with Gasteiger partial charge in [0.1, 0.15) is 0 Å². The summed E-state index contributed by atoms with van der Waals surface area (Å²) in [6, 6.07) is 28.0. The monoisotopic (exact) mass is 466 g/mol. The molecule has 0 radical (unpaired) electrons. The van der Waals surface area contributed by atoms with E-state index in [4.69, 9.17) is 9.72 Å². The van der Waals surface area contributed by atoms with Crippen LogP contribution < -0.4 is 4.74 Å². The first-order valence-corrected chi connectivity index (χ1v) is 12.4. The lowest BCUT2D eigenvalue weighted by Gasteiger charge is -2.18. The zero-order chi connectivity index (χ0) is 24.6. The number of aromatic amines is 1. The van der Waals surface area contributed by atoms with Gasteiger partial charge in [-0.3, -0.25) is 0 Å². The van der Waals surface area contributed by atoms with Crippen LogP contribution in [-0.4, -0.2) is 9.97 Å². The number of H-pyrrole nitrogens is 1. The summed E-state index contributed by atoms with van der Waals surface area (Å²) in [5.41, 5.74) is 14.1. The Kier molecular flexibility index (Phi) is 4.40. The number of pyridine rings is 1. The highest BCUT2D eigenvalue weighted by Gasteiger charge is 2.18. The van der Waals surface area contributed by atoms with Crippen molar-refractivity contribution in [3.05, 3.63) is 101 Å². The Hall–Kier alpha value is -4.37. The quantitative estimate of drug-likeness (QED) is 0.242. The van der Waals surface area contributed by atoms with Gasteiger partial charge in [-0.1, -0.05) is 48.5 Å². The Labute approximate surface area is 210 Å². The number of aromatic nitrogens is 2. The average Bonchev–Trinajstić information content (AvgIpc) is 3.25. The van der Waals surface area contributed by atoms with Gasteiger partial charge < -0.3 is 9.72 Å². The van der Waals surface area contributed by atoms with E-state index in [-0.39, 0.29) is 0 Å². The zero-order valence-corrected chi connectivity index (χ0v) is 20.9. The molecule has 2 aromatic heterocycles. The van der Waals surface area contributed by atoms with Gasteiger partial charge in [0.2, 0.25) is 5.88 Å². The van der Waals surface area contributed by atoms with Crippen LogP contribution in [0.4, 0.5) is 0 Å². The molecule has 1 N–H and O–H groups in total. The molecule has 0 aliphatic carbocycles. The summed E-state index contributed by atoms with van der Waals surface area (Å²) >= 11 is 0. The summed E-state index contributed by atoms with van der Waals surface area (Å²) in [6.07, 6.45) is 0. The van der Waals surface area contributed by atoms with Crippen molar-refractivity contribution in [3.63, 3.8) is 0 Å². The molecule has 0 amide bonds. The maximum absolute atomic E-state index is 6.41. The fraction of sp³-hybridized carbons (Fsp3) is 0.121. The molecule has 174 valence electrons. The molecule has 0 unspecified atom stereocenters. The van der Waals surface area contributed by atoms with Crippen molar-refractivity contribution in [2.24, 2.45) is 0 Å². The van der Waals surface area contributed by atoms with Gasteiger partial charge in [0.15, 0.2) is 5.75 Å². The molecule has 0 saturated heterocycles. The highest BCUT2D eigenvalue weighted by molar-refractivity contribution is 6.13. The van der Waals surface area contributed by atoms with Crippen molar-refractivity contribution < 1.29 is 4.74 Å². The molecule has 36 heavy (non-hydrogen) atoms. The molecule has 1 aliphatic rings. The Morgan fingerprint density at radius 2 is 1.14 bits per heavy atom. The van der Waals surface area contributed by atoms with Crippen LogP contribution in [0.25, 0.3) is 55.3 Å². The fourth-order valence-corrected chi connectivity index (χ4v) is 5.82. The summed E-state index contributed by atoms with van der Waals surface area (Å²) in [4.78, 5) is 8.65. The molecule has 8 bridgehead atoms. The number of fused-ring (bicyclic) bond motifs is 10. The molecule has 3 heteroatoms. The first kappa shape index (κ1) is 21.0. The minimum atomic E-state index is 0.586. The molecule has 0 spiro atoms. The molecule has 1 aliphatic heterocycles. The highest BCUT2D eigenvalue weighted by atomic mass is 16.5. The zero-order valence-electron chi connectivity index (χ0n) is 20.9.